The fraction of sp³-hybridized carbons (Fsp3) is 0.538. The van der Waals surface area contributed by atoms with Crippen molar-refractivity contribution < 1.29 is 14.3 Å². The second-order valence-corrected chi connectivity index (χ2v) is 5.73. The molecule has 0 aromatic carbocycles. The highest BCUT2D eigenvalue weighted by atomic mass is 32.1. The summed E-state index contributed by atoms with van der Waals surface area (Å²) in [5.41, 5.74) is 0. The molecule has 1 fully saturated rings. The van der Waals surface area contributed by atoms with Crippen molar-refractivity contribution in [1.82, 2.24) is 4.90 Å². The maximum absolute atomic E-state index is 12.4. The quantitative estimate of drug-likeness (QED) is 0.772. The highest BCUT2D eigenvalue weighted by molar-refractivity contribution is 7.13. The first kappa shape index (κ1) is 13.1. The van der Waals surface area contributed by atoms with E-state index in [1.54, 1.807) is 4.90 Å². The van der Waals surface area contributed by atoms with Crippen molar-refractivity contribution in [3.8, 4) is 0 Å². The molecule has 1 aliphatic rings. The SMILES string of the molecule is COC(=O)[C@H]1CCCCN1C(=O)c1ccc(C)s1. The molecular formula is C13H17NO3S. The van der Waals surface area contributed by atoms with Gasteiger partial charge in [0.1, 0.15) is 6.04 Å². The number of hydrogen-bond acceptors (Lipinski definition) is 4. The summed E-state index contributed by atoms with van der Waals surface area (Å²) in [5, 5.41) is 0. The molecule has 0 saturated carbocycles. The molecule has 2 heterocycles. The summed E-state index contributed by atoms with van der Waals surface area (Å²) >= 11 is 1.47. The van der Waals surface area contributed by atoms with E-state index in [2.05, 4.69) is 0 Å². The predicted molar refractivity (Wildman–Crippen MR) is 69.7 cm³/mol. The fourth-order valence-corrected chi connectivity index (χ4v) is 3.07. The molecule has 5 heteroatoms. The minimum Gasteiger partial charge on any atom is -0.467 e. The Kier molecular flexibility index (Phi) is 4.01. The van der Waals surface area contributed by atoms with E-state index in [1.807, 2.05) is 19.1 Å². The summed E-state index contributed by atoms with van der Waals surface area (Å²) in [6.45, 7) is 2.60. The number of esters is 1. The van der Waals surface area contributed by atoms with E-state index in [9.17, 15) is 9.59 Å². The third-order valence-electron chi connectivity index (χ3n) is 3.19. The Labute approximate surface area is 111 Å². The summed E-state index contributed by atoms with van der Waals surface area (Å²) in [7, 11) is 1.37. The second-order valence-electron chi connectivity index (χ2n) is 4.44. The number of carbonyl (C=O) groups is 2. The van der Waals surface area contributed by atoms with Crippen molar-refractivity contribution in [2.45, 2.75) is 32.2 Å². The third-order valence-corrected chi connectivity index (χ3v) is 4.18. The molecule has 0 N–H and O–H groups in total. The number of methoxy groups -OCH3 is 1. The van der Waals surface area contributed by atoms with Crippen LogP contribution in [-0.2, 0) is 9.53 Å². The summed E-state index contributed by atoms with van der Waals surface area (Å²) in [6.07, 6.45) is 2.61. The van der Waals surface area contributed by atoms with Crippen LogP contribution in [0.5, 0.6) is 0 Å². The number of aryl methyl sites for hydroxylation is 1. The Morgan fingerprint density at radius 3 is 2.78 bits per heavy atom. The molecule has 2 rings (SSSR count). The van der Waals surface area contributed by atoms with Gasteiger partial charge in [0.15, 0.2) is 0 Å². The van der Waals surface area contributed by atoms with Gasteiger partial charge in [-0.1, -0.05) is 0 Å². The lowest BCUT2D eigenvalue weighted by molar-refractivity contribution is -0.147. The molecule has 0 spiro atoms. The number of piperidine rings is 1. The summed E-state index contributed by atoms with van der Waals surface area (Å²) in [5.74, 6) is -0.362. The van der Waals surface area contributed by atoms with Crippen LogP contribution in [0.15, 0.2) is 12.1 Å². The van der Waals surface area contributed by atoms with Crippen LogP contribution in [0.1, 0.15) is 33.8 Å². The van der Waals surface area contributed by atoms with Crippen molar-refractivity contribution >= 4 is 23.2 Å². The summed E-state index contributed by atoms with van der Waals surface area (Å²) in [6, 6.07) is 3.33. The largest absolute Gasteiger partial charge is 0.467 e. The lowest BCUT2D eigenvalue weighted by Crippen LogP contribution is -2.48. The molecule has 1 aliphatic heterocycles. The number of rotatable bonds is 2. The van der Waals surface area contributed by atoms with Gasteiger partial charge in [0, 0.05) is 11.4 Å². The molecule has 4 nitrogen and oxygen atoms in total. The van der Waals surface area contributed by atoms with Crippen LogP contribution in [0.2, 0.25) is 0 Å². The average molecular weight is 267 g/mol. The lowest BCUT2D eigenvalue weighted by atomic mass is 10.0. The molecule has 0 aliphatic carbocycles. The smallest absolute Gasteiger partial charge is 0.328 e. The van der Waals surface area contributed by atoms with Gasteiger partial charge >= 0.3 is 5.97 Å². The first-order chi connectivity index (χ1) is 8.63. The first-order valence-electron chi connectivity index (χ1n) is 6.08. The normalized spacial score (nSPS) is 19.7. The number of ether oxygens (including phenoxy) is 1. The van der Waals surface area contributed by atoms with E-state index >= 15 is 0 Å². The number of thiophene rings is 1. The zero-order chi connectivity index (χ0) is 13.1. The Morgan fingerprint density at radius 1 is 1.39 bits per heavy atom. The van der Waals surface area contributed by atoms with Crippen LogP contribution >= 0.6 is 11.3 Å². The predicted octanol–water partition coefficient (Wildman–Crippen LogP) is 2.22. The first-order valence-corrected chi connectivity index (χ1v) is 6.90. The minimum atomic E-state index is -0.418. The Bertz CT molecular complexity index is 455. The maximum Gasteiger partial charge on any atom is 0.328 e. The van der Waals surface area contributed by atoms with Crippen molar-refractivity contribution in [3.63, 3.8) is 0 Å². The van der Waals surface area contributed by atoms with Gasteiger partial charge in [0.05, 0.1) is 12.0 Å². The molecule has 1 saturated heterocycles. The van der Waals surface area contributed by atoms with Gasteiger partial charge < -0.3 is 9.64 Å². The van der Waals surface area contributed by atoms with Crippen molar-refractivity contribution in [2.75, 3.05) is 13.7 Å². The van der Waals surface area contributed by atoms with Gasteiger partial charge in [-0.2, -0.15) is 0 Å². The highest BCUT2D eigenvalue weighted by Gasteiger charge is 2.33. The lowest BCUT2D eigenvalue weighted by Gasteiger charge is -2.33. The molecule has 0 radical (unpaired) electrons. The summed E-state index contributed by atoms with van der Waals surface area (Å²) in [4.78, 5) is 27.5. The van der Waals surface area contributed by atoms with Crippen molar-refractivity contribution in [1.29, 1.82) is 0 Å². The van der Waals surface area contributed by atoms with Crippen LogP contribution in [0, 0.1) is 6.92 Å². The molecule has 0 unspecified atom stereocenters. The van der Waals surface area contributed by atoms with E-state index in [0.717, 1.165) is 17.7 Å². The third kappa shape index (κ3) is 2.56. The topological polar surface area (TPSA) is 46.6 Å². The second kappa shape index (κ2) is 5.52. The van der Waals surface area contributed by atoms with E-state index < -0.39 is 6.04 Å². The molecule has 1 amide bonds. The van der Waals surface area contributed by atoms with E-state index in [1.165, 1.54) is 18.4 Å². The maximum atomic E-state index is 12.4. The molecule has 98 valence electrons. The molecule has 1 aromatic heterocycles. The molecule has 0 bridgehead atoms. The number of carbonyl (C=O) groups excluding carboxylic acids is 2. The Morgan fingerprint density at radius 2 is 2.17 bits per heavy atom. The van der Waals surface area contributed by atoms with Gasteiger partial charge in [0.25, 0.3) is 5.91 Å². The zero-order valence-electron chi connectivity index (χ0n) is 10.6. The molecule has 1 aromatic rings. The van der Waals surface area contributed by atoms with E-state index in [4.69, 9.17) is 4.74 Å². The van der Waals surface area contributed by atoms with Gasteiger partial charge in [-0.15, -0.1) is 11.3 Å². The van der Waals surface area contributed by atoms with Crippen LogP contribution in [-0.4, -0.2) is 36.5 Å². The van der Waals surface area contributed by atoms with Crippen LogP contribution in [0.25, 0.3) is 0 Å². The number of likely N-dealkylation sites (tertiary alicyclic amines) is 1. The minimum absolute atomic E-state index is 0.0526. The van der Waals surface area contributed by atoms with Gasteiger partial charge in [0.2, 0.25) is 0 Å². The molecule has 18 heavy (non-hydrogen) atoms. The zero-order valence-corrected chi connectivity index (χ0v) is 11.5. The molecule has 1 atom stereocenters. The standard InChI is InChI=1S/C13H17NO3S/c1-9-6-7-11(18-9)12(15)14-8-4-3-5-10(14)13(16)17-2/h6-7,10H,3-5,8H2,1-2H3/t10-/m1/s1. The van der Waals surface area contributed by atoms with Gasteiger partial charge in [-0.3, -0.25) is 4.79 Å². The highest BCUT2D eigenvalue weighted by Crippen LogP contribution is 2.23. The van der Waals surface area contributed by atoms with Crippen LogP contribution in [0.3, 0.4) is 0 Å². The van der Waals surface area contributed by atoms with Crippen molar-refractivity contribution in [3.05, 3.63) is 21.9 Å². The van der Waals surface area contributed by atoms with E-state index in [0.29, 0.717) is 17.8 Å². The van der Waals surface area contributed by atoms with E-state index in [-0.39, 0.29) is 11.9 Å². The molecular weight excluding hydrogens is 250 g/mol. The van der Waals surface area contributed by atoms with Gasteiger partial charge in [-0.25, -0.2) is 4.79 Å². The Balaban J connectivity index is 2.18. The van der Waals surface area contributed by atoms with Crippen LogP contribution in [0.4, 0.5) is 0 Å². The monoisotopic (exact) mass is 267 g/mol. The van der Waals surface area contributed by atoms with Crippen LogP contribution < -0.4 is 0 Å². The Hall–Kier alpha value is -1.36. The fourth-order valence-electron chi connectivity index (χ4n) is 2.25. The van der Waals surface area contributed by atoms with Crippen molar-refractivity contribution in [2.24, 2.45) is 0 Å². The van der Waals surface area contributed by atoms with Gasteiger partial charge in [-0.05, 0) is 38.3 Å². The number of hydrogen-bond donors (Lipinski definition) is 0. The number of amides is 1. The summed E-state index contributed by atoms with van der Waals surface area (Å²) < 4.78 is 4.78. The average Bonchev–Trinajstić information content (AvgIpc) is 2.83. The number of nitrogens with zero attached hydrogens (tertiary/aromatic N) is 1.